The molecule has 3 heteroatoms. The number of hydrogen-bond donors (Lipinski definition) is 0. The summed E-state index contributed by atoms with van der Waals surface area (Å²) < 4.78 is 29.0. The molecule has 0 N–H and O–H groups in total. The number of hydrogen-bond acceptors (Lipinski definition) is 1. The van der Waals surface area contributed by atoms with Crippen molar-refractivity contribution >= 4 is 31.5 Å². The number of thiophene rings is 1. The lowest BCUT2D eigenvalue weighted by atomic mass is 9.84. The van der Waals surface area contributed by atoms with Gasteiger partial charge in [-0.2, -0.15) is 0 Å². The molecule has 1 aliphatic carbocycles. The molecule has 1 saturated carbocycles. The quantitative estimate of drug-likeness (QED) is 0.384. The molecule has 25 heavy (non-hydrogen) atoms. The van der Waals surface area contributed by atoms with Crippen LogP contribution in [-0.2, 0) is 0 Å². The van der Waals surface area contributed by atoms with Crippen LogP contribution in [0.15, 0.2) is 24.3 Å². The third-order valence-corrected chi connectivity index (χ3v) is 6.59. The number of benzene rings is 2. The molecule has 1 fully saturated rings. The third-order valence-electron chi connectivity index (χ3n) is 5.38. The molecule has 0 saturated heterocycles. The second kappa shape index (κ2) is 7.41. The molecular formula is C22H26F2S. The molecule has 0 aliphatic heterocycles. The van der Waals surface area contributed by atoms with Gasteiger partial charge < -0.3 is 0 Å². The molecule has 0 bridgehead atoms. The smallest absolute Gasteiger partial charge is 0.143 e. The average molecular weight is 361 g/mol. The molecule has 3 aromatic rings. The van der Waals surface area contributed by atoms with E-state index in [1.807, 2.05) is 12.1 Å². The Bertz CT molecular complexity index is 814. The monoisotopic (exact) mass is 360 g/mol. The minimum atomic E-state index is -0.235. The first kappa shape index (κ1) is 18.3. The second-order valence-electron chi connectivity index (χ2n) is 7.61. The van der Waals surface area contributed by atoms with Gasteiger partial charge in [0.1, 0.15) is 11.6 Å². The lowest BCUT2D eigenvalue weighted by Gasteiger charge is -2.22. The fourth-order valence-corrected chi connectivity index (χ4v) is 4.74. The van der Waals surface area contributed by atoms with E-state index in [0.29, 0.717) is 20.5 Å². The van der Waals surface area contributed by atoms with Gasteiger partial charge in [0.05, 0.1) is 9.40 Å². The van der Waals surface area contributed by atoms with Crippen LogP contribution in [0.1, 0.15) is 50.7 Å². The molecule has 0 spiro atoms. The molecule has 1 aromatic heterocycles. The maximum absolute atomic E-state index is 14.0. The molecule has 4 rings (SSSR count). The highest BCUT2D eigenvalue weighted by Gasteiger charge is 2.14. The van der Waals surface area contributed by atoms with Crippen LogP contribution in [0.3, 0.4) is 0 Å². The van der Waals surface area contributed by atoms with Gasteiger partial charge in [-0.1, -0.05) is 63.8 Å². The summed E-state index contributed by atoms with van der Waals surface area (Å²) in [6.07, 6.45) is 5.89. The van der Waals surface area contributed by atoms with Crippen LogP contribution in [0, 0.1) is 37.3 Å². The van der Waals surface area contributed by atoms with E-state index < -0.39 is 0 Å². The Labute approximate surface area is 152 Å². The van der Waals surface area contributed by atoms with Crippen molar-refractivity contribution in [2.45, 2.75) is 53.4 Å². The molecule has 134 valence electrons. The largest absolute Gasteiger partial charge is 0.205 e. The number of rotatable bonds is 0. The van der Waals surface area contributed by atoms with Crippen LogP contribution in [0.2, 0.25) is 0 Å². The number of halogens is 2. The van der Waals surface area contributed by atoms with E-state index in [1.54, 1.807) is 26.0 Å². The Morgan fingerprint density at radius 3 is 1.44 bits per heavy atom. The van der Waals surface area contributed by atoms with Gasteiger partial charge in [0.2, 0.25) is 0 Å². The predicted octanol–water partition coefficient (Wildman–Crippen LogP) is 7.78. The Kier molecular flexibility index (Phi) is 5.43. The van der Waals surface area contributed by atoms with Crippen molar-refractivity contribution in [1.82, 2.24) is 0 Å². The van der Waals surface area contributed by atoms with Crippen molar-refractivity contribution < 1.29 is 8.78 Å². The van der Waals surface area contributed by atoms with Crippen LogP contribution in [-0.4, -0.2) is 0 Å². The standard InChI is InChI=1S/C14H10F2S.C8H16/c1-7-3-5-9-10-6-4-8(2)12(16)14(10)17-13(9)11(7)15;1-7-3-5-8(2)6-4-7/h3-6H,1-2H3;7-8H,3-6H2,1-2H3. The summed E-state index contributed by atoms with van der Waals surface area (Å²) in [7, 11) is 0. The summed E-state index contributed by atoms with van der Waals surface area (Å²) in [4.78, 5) is 0. The fourth-order valence-electron chi connectivity index (χ4n) is 3.46. The van der Waals surface area contributed by atoms with Gasteiger partial charge in [-0.25, -0.2) is 8.78 Å². The summed E-state index contributed by atoms with van der Waals surface area (Å²) >= 11 is 1.19. The molecule has 0 unspecified atom stereocenters. The Balaban J connectivity index is 0.000000192. The zero-order chi connectivity index (χ0) is 18.1. The van der Waals surface area contributed by atoms with E-state index in [1.165, 1.54) is 37.0 Å². The fraction of sp³-hybridized carbons (Fsp3) is 0.455. The van der Waals surface area contributed by atoms with Crippen molar-refractivity contribution in [2.24, 2.45) is 11.8 Å². The zero-order valence-electron chi connectivity index (χ0n) is 15.5. The van der Waals surface area contributed by atoms with Crippen molar-refractivity contribution in [3.05, 3.63) is 47.0 Å². The maximum atomic E-state index is 14.0. The van der Waals surface area contributed by atoms with Crippen LogP contribution < -0.4 is 0 Å². The molecule has 0 nitrogen and oxygen atoms in total. The van der Waals surface area contributed by atoms with Gasteiger partial charge in [-0.3, -0.25) is 0 Å². The topological polar surface area (TPSA) is 0 Å². The van der Waals surface area contributed by atoms with Gasteiger partial charge in [0, 0.05) is 10.8 Å². The van der Waals surface area contributed by atoms with Gasteiger partial charge in [0.15, 0.2) is 0 Å². The van der Waals surface area contributed by atoms with Gasteiger partial charge in [-0.05, 0) is 36.8 Å². The van der Waals surface area contributed by atoms with E-state index in [9.17, 15) is 8.78 Å². The molecule has 1 heterocycles. The predicted molar refractivity (Wildman–Crippen MR) is 106 cm³/mol. The molecule has 2 aromatic carbocycles. The lowest BCUT2D eigenvalue weighted by molar-refractivity contribution is 0.308. The van der Waals surface area contributed by atoms with Crippen molar-refractivity contribution in [2.75, 3.05) is 0 Å². The van der Waals surface area contributed by atoms with E-state index in [0.717, 1.165) is 22.6 Å². The van der Waals surface area contributed by atoms with E-state index in [4.69, 9.17) is 0 Å². The highest BCUT2D eigenvalue weighted by atomic mass is 32.1. The summed E-state index contributed by atoms with van der Waals surface area (Å²) in [5.41, 5.74) is 1.20. The molecule has 0 radical (unpaired) electrons. The minimum Gasteiger partial charge on any atom is -0.205 e. The summed E-state index contributed by atoms with van der Waals surface area (Å²) in [6, 6.07) is 7.20. The van der Waals surface area contributed by atoms with Crippen molar-refractivity contribution in [3.63, 3.8) is 0 Å². The van der Waals surface area contributed by atoms with Crippen LogP contribution in [0.4, 0.5) is 8.78 Å². The summed E-state index contributed by atoms with van der Waals surface area (Å²) in [6.45, 7) is 8.18. The van der Waals surface area contributed by atoms with E-state index in [-0.39, 0.29) is 11.6 Å². The first-order valence-electron chi connectivity index (χ1n) is 9.15. The highest BCUT2D eigenvalue weighted by molar-refractivity contribution is 7.25. The van der Waals surface area contributed by atoms with Crippen LogP contribution in [0.25, 0.3) is 20.2 Å². The Morgan fingerprint density at radius 1 is 0.720 bits per heavy atom. The van der Waals surface area contributed by atoms with Crippen molar-refractivity contribution in [3.8, 4) is 0 Å². The second-order valence-corrected chi connectivity index (χ2v) is 8.63. The van der Waals surface area contributed by atoms with E-state index >= 15 is 0 Å². The van der Waals surface area contributed by atoms with Gasteiger partial charge in [-0.15, -0.1) is 11.3 Å². The first-order chi connectivity index (χ1) is 11.9. The minimum absolute atomic E-state index is 0.235. The summed E-state index contributed by atoms with van der Waals surface area (Å²) in [5, 5.41) is 1.60. The maximum Gasteiger partial charge on any atom is 0.143 e. The first-order valence-corrected chi connectivity index (χ1v) is 9.96. The SMILES string of the molecule is CC1CCC(C)CC1.Cc1ccc2c(sc3c(F)c(C)ccc32)c1F. The Hall–Kier alpha value is -1.48. The molecule has 0 atom stereocenters. The zero-order valence-corrected chi connectivity index (χ0v) is 16.3. The van der Waals surface area contributed by atoms with Gasteiger partial charge in [0.25, 0.3) is 0 Å². The van der Waals surface area contributed by atoms with Crippen LogP contribution >= 0.6 is 11.3 Å². The normalized spacial score (nSPS) is 20.6. The van der Waals surface area contributed by atoms with E-state index in [2.05, 4.69) is 13.8 Å². The number of fused-ring (bicyclic) bond motifs is 3. The summed E-state index contributed by atoms with van der Waals surface area (Å²) in [5.74, 6) is 1.57. The number of aryl methyl sites for hydroxylation is 2. The van der Waals surface area contributed by atoms with Gasteiger partial charge >= 0.3 is 0 Å². The lowest BCUT2D eigenvalue weighted by Crippen LogP contribution is -2.08. The third kappa shape index (κ3) is 3.72. The van der Waals surface area contributed by atoms with Crippen molar-refractivity contribution in [1.29, 1.82) is 0 Å². The molecular weight excluding hydrogens is 334 g/mol. The highest BCUT2D eigenvalue weighted by Crippen LogP contribution is 2.38. The van der Waals surface area contributed by atoms with Crippen LogP contribution in [0.5, 0.6) is 0 Å². The Morgan fingerprint density at radius 2 is 1.08 bits per heavy atom. The molecule has 1 aliphatic rings. The molecule has 0 amide bonds. The average Bonchev–Trinajstić information content (AvgIpc) is 2.98.